The van der Waals surface area contributed by atoms with E-state index in [0.717, 1.165) is 53.0 Å². The van der Waals surface area contributed by atoms with Crippen molar-refractivity contribution in [3.63, 3.8) is 0 Å². The van der Waals surface area contributed by atoms with Gasteiger partial charge in [0.2, 0.25) is 0 Å². The van der Waals surface area contributed by atoms with Crippen LogP contribution in [0, 0.1) is 0 Å². The van der Waals surface area contributed by atoms with Crippen molar-refractivity contribution < 1.29 is 14.6 Å². The third-order valence-corrected chi connectivity index (χ3v) is 4.99. The maximum absolute atomic E-state index is 10.4. The van der Waals surface area contributed by atoms with Gasteiger partial charge in [0.1, 0.15) is 13.2 Å². The number of benzene rings is 3. The Hall–Kier alpha value is -2.78. The fourth-order valence-corrected chi connectivity index (χ4v) is 3.56. The van der Waals surface area contributed by atoms with E-state index in [-0.39, 0.29) is 0 Å². The molecule has 0 saturated heterocycles. The summed E-state index contributed by atoms with van der Waals surface area (Å²) in [5.41, 5.74) is 4.27. The number of hydrogen-bond acceptors (Lipinski definition) is 3. The fourth-order valence-electron chi connectivity index (χ4n) is 3.56. The second-order valence-corrected chi connectivity index (χ2v) is 6.92. The molecule has 1 N–H and O–H groups in total. The lowest BCUT2D eigenvalue weighted by molar-refractivity contribution is 0.154. The number of fused-ring (bicyclic) bond motifs is 1. The molecule has 3 heteroatoms. The molecule has 0 aliphatic heterocycles. The number of aliphatic hydroxyl groups excluding tert-OH is 1. The lowest BCUT2D eigenvalue weighted by atomic mass is 9.88. The Morgan fingerprint density at radius 2 is 1.41 bits per heavy atom. The van der Waals surface area contributed by atoms with E-state index >= 15 is 0 Å². The van der Waals surface area contributed by atoms with Gasteiger partial charge in [0.15, 0.2) is 11.5 Å². The zero-order chi connectivity index (χ0) is 18.5. The van der Waals surface area contributed by atoms with Crippen molar-refractivity contribution in [2.45, 2.75) is 38.6 Å². The van der Waals surface area contributed by atoms with Crippen LogP contribution in [-0.2, 0) is 19.6 Å². The van der Waals surface area contributed by atoms with E-state index in [0.29, 0.717) is 13.2 Å². The van der Waals surface area contributed by atoms with Gasteiger partial charge >= 0.3 is 0 Å². The summed E-state index contributed by atoms with van der Waals surface area (Å²) in [5.74, 6) is 1.51. The summed E-state index contributed by atoms with van der Waals surface area (Å²) < 4.78 is 12.3. The summed E-state index contributed by atoms with van der Waals surface area (Å²) in [5, 5.41) is 10.4. The maximum Gasteiger partial charge on any atom is 0.165 e. The van der Waals surface area contributed by atoms with Gasteiger partial charge in [-0.2, -0.15) is 0 Å². The monoisotopic (exact) mass is 360 g/mol. The Balaban J connectivity index is 1.61. The standard InChI is InChI=1S/C24H24O3/c25-22-13-7-12-21-20(22)14-15-23(26-16-18-8-3-1-4-9-18)24(21)27-17-19-10-5-2-6-11-19/h1-6,8-11,14-15,22,25H,7,12-13,16-17H2. The van der Waals surface area contributed by atoms with Crippen LogP contribution in [0.1, 0.15) is 41.2 Å². The fraction of sp³-hybridized carbons (Fsp3) is 0.250. The molecule has 1 atom stereocenters. The summed E-state index contributed by atoms with van der Waals surface area (Å²) in [4.78, 5) is 0. The second kappa shape index (κ2) is 8.28. The molecule has 0 spiro atoms. The van der Waals surface area contributed by atoms with Crippen molar-refractivity contribution in [1.82, 2.24) is 0 Å². The van der Waals surface area contributed by atoms with Gasteiger partial charge in [-0.15, -0.1) is 0 Å². The molecule has 0 bridgehead atoms. The summed E-state index contributed by atoms with van der Waals surface area (Å²) in [7, 11) is 0. The van der Waals surface area contributed by atoms with Gasteiger partial charge in [-0.05, 0) is 42.0 Å². The number of hydrogen-bond donors (Lipinski definition) is 1. The normalized spacial score (nSPS) is 15.8. The van der Waals surface area contributed by atoms with Gasteiger partial charge in [0.05, 0.1) is 6.10 Å². The Labute approximate surface area is 160 Å². The number of aliphatic hydroxyl groups is 1. The molecule has 1 aliphatic rings. The van der Waals surface area contributed by atoms with Crippen molar-refractivity contribution in [2.75, 3.05) is 0 Å². The SMILES string of the molecule is OC1CCCc2c1ccc(OCc1ccccc1)c2OCc1ccccc1. The van der Waals surface area contributed by atoms with Crippen LogP contribution >= 0.6 is 0 Å². The van der Waals surface area contributed by atoms with Gasteiger partial charge < -0.3 is 14.6 Å². The van der Waals surface area contributed by atoms with Crippen LogP contribution in [0.4, 0.5) is 0 Å². The van der Waals surface area contributed by atoms with E-state index in [2.05, 4.69) is 12.1 Å². The van der Waals surface area contributed by atoms with Crippen LogP contribution < -0.4 is 9.47 Å². The van der Waals surface area contributed by atoms with Crippen molar-refractivity contribution in [2.24, 2.45) is 0 Å². The minimum absolute atomic E-state index is 0.420. The summed E-state index contributed by atoms with van der Waals surface area (Å²) in [6, 6.07) is 24.1. The highest BCUT2D eigenvalue weighted by Gasteiger charge is 2.24. The predicted octanol–water partition coefficient (Wildman–Crippen LogP) is 5.21. The van der Waals surface area contributed by atoms with Gasteiger partial charge in [-0.3, -0.25) is 0 Å². The number of ether oxygens (including phenoxy) is 2. The first-order chi connectivity index (χ1) is 13.3. The number of rotatable bonds is 6. The first-order valence-electron chi connectivity index (χ1n) is 9.48. The second-order valence-electron chi connectivity index (χ2n) is 6.92. The van der Waals surface area contributed by atoms with E-state index in [1.165, 1.54) is 0 Å². The Morgan fingerprint density at radius 3 is 2.07 bits per heavy atom. The smallest absolute Gasteiger partial charge is 0.165 e. The minimum Gasteiger partial charge on any atom is -0.485 e. The molecule has 1 unspecified atom stereocenters. The van der Waals surface area contributed by atoms with E-state index in [1.54, 1.807) is 0 Å². The average Bonchev–Trinajstić information content (AvgIpc) is 2.72. The van der Waals surface area contributed by atoms with Crippen LogP contribution in [0.5, 0.6) is 11.5 Å². The van der Waals surface area contributed by atoms with Crippen LogP contribution in [-0.4, -0.2) is 5.11 Å². The first kappa shape index (κ1) is 17.6. The van der Waals surface area contributed by atoms with Gasteiger partial charge in [0, 0.05) is 5.56 Å². The molecule has 138 valence electrons. The lowest BCUT2D eigenvalue weighted by Gasteiger charge is -2.25. The molecular formula is C24H24O3. The molecular weight excluding hydrogens is 336 g/mol. The van der Waals surface area contributed by atoms with Crippen LogP contribution in [0.3, 0.4) is 0 Å². The molecule has 3 aromatic carbocycles. The van der Waals surface area contributed by atoms with Gasteiger partial charge in [0.25, 0.3) is 0 Å². The molecule has 0 aromatic heterocycles. The summed E-state index contributed by atoms with van der Waals surface area (Å²) >= 11 is 0. The molecule has 4 rings (SSSR count). The minimum atomic E-state index is -0.420. The average molecular weight is 360 g/mol. The first-order valence-corrected chi connectivity index (χ1v) is 9.48. The van der Waals surface area contributed by atoms with Crippen molar-refractivity contribution in [1.29, 1.82) is 0 Å². The molecule has 0 fully saturated rings. The maximum atomic E-state index is 10.4. The topological polar surface area (TPSA) is 38.7 Å². The highest BCUT2D eigenvalue weighted by atomic mass is 16.5. The van der Waals surface area contributed by atoms with Crippen LogP contribution in [0.15, 0.2) is 72.8 Å². The molecule has 0 radical (unpaired) electrons. The van der Waals surface area contributed by atoms with Gasteiger partial charge in [-0.1, -0.05) is 66.7 Å². The highest BCUT2D eigenvalue weighted by Crippen LogP contribution is 2.41. The predicted molar refractivity (Wildman–Crippen MR) is 106 cm³/mol. The molecule has 3 aromatic rings. The van der Waals surface area contributed by atoms with Crippen LogP contribution in [0.2, 0.25) is 0 Å². The van der Waals surface area contributed by atoms with Crippen LogP contribution in [0.25, 0.3) is 0 Å². The zero-order valence-corrected chi connectivity index (χ0v) is 15.3. The zero-order valence-electron chi connectivity index (χ0n) is 15.3. The molecule has 0 saturated carbocycles. The summed E-state index contributed by atoms with van der Waals surface area (Å²) in [6.45, 7) is 0.971. The Kier molecular flexibility index (Phi) is 5.40. The third kappa shape index (κ3) is 4.15. The third-order valence-electron chi connectivity index (χ3n) is 4.99. The van der Waals surface area contributed by atoms with Gasteiger partial charge in [-0.25, -0.2) is 0 Å². The lowest BCUT2D eigenvalue weighted by Crippen LogP contribution is -2.12. The highest BCUT2D eigenvalue weighted by molar-refractivity contribution is 5.52. The molecule has 27 heavy (non-hydrogen) atoms. The van der Waals surface area contributed by atoms with Crippen molar-refractivity contribution >= 4 is 0 Å². The Morgan fingerprint density at radius 1 is 0.778 bits per heavy atom. The molecule has 1 aliphatic carbocycles. The quantitative estimate of drug-likeness (QED) is 0.655. The molecule has 3 nitrogen and oxygen atoms in total. The van der Waals surface area contributed by atoms with E-state index in [9.17, 15) is 5.11 Å². The molecule has 0 heterocycles. The summed E-state index contributed by atoms with van der Waals surface area (Å²) in [6.07, 6.45) is 2.24. The van der Waals surface area contributed by atoms with E-state index < -0.39 is 6.10 Å². The van der Waals surface area contributed by atoms with Crippen molar-refractivity contribution in [3.05, 3.63) is 95.1 Å². The largest absolute Gasteiger partial charge is 0.485 e. The Bertz CT molecular complexity index is 875. The van der Waals surface area contributed by atoms with E-state index in [4.69, 9.17) is 9.47 Å². The van der Waals surface area contributed by atoms with E-state index in [1.807, 2.05) is 60.7 Å². The van der Waals surface area contributed by atoms with Crippen molar-refractivity contribution in [3.8, 4) is 11.5 Å². The molecule has 0 amide bonds.